The Morgan fingerprint density at radius 2 is 0.776 bits per heavy atom. The number of nitrogens with zero attached hydrogens (tertiary/aromatic N) is 1. The van der Waals surface area contributed by atoms with Gasteiger partial charge in [0.25, 0.3) is 0 Å². The zero-order valence-electron chi connectivity index (χ0n) is 31.8. The van der Waals surface area contributed by atoms with Crippen LogP contribution in [0.5, 0.6) is 0 Å². The van der Waals surface area contributed by atoms with Gasteiger partial charge in [-0.05, 0) is 137 Å². The van der Waals surface area contributed by atoms with E-state index in [9.17, 15) is 0 Å². The van der Waals surface area contributed by atoms with Crippen molar-refractivity contribution >= 4 is 38.6 Å². The fourth-order valence-electron chi connectivity index (χ4n) is 10.1. The predicted octanol–water partition coefficient (Wildman–Crippen LogP) is 15.1. The molecule has 2 aliphatic rings. The Morgan fingerprint density at radius 1 is 0.259 bits per heavy atom. The molecule has 0 saturated carbocycles. The first-order valence-electron chi connectivity index (χ1n) is 20.2. The van der Waals surface area contributed by atoms with Crippen molar-refractivity contribution in [3.63, 3.8) is 0 Å². The smallest absolute Gasteiger partial charge is 0.0725 e. The van der Waals surface area contributed by atoms with E-state index in [0.29, 0.717) is 0 Å². The maximum absolute atomic E-state index is 2.51. The second kappa shape index (κ2) is 12.8. The summed E-state index contributed by atoms with van der Waals surface area (Å²) in [6.45, 7) is 0. The first kappa shape index (κ1) is 32.7. The lowest BCUT2D eigenvalue weighted by molar-refractivity contribution is 0.796. The summed E-state index contributed by atoms with van der Waals surface area (Å²) in [6, 6.07) is 83.1. The average molecular weight is 736 g/mol. The van der Waals surface area contributed by atoms with Crippen molar-refractivity contribution in [3.8, 4) is 44.5 Å². The largest absolute Gasteiger partial charge is 0.310 e. The van der Waals surface area contributed by atoms with Crippen LogP contribution in [-0.2, 0) is 5.41 Å². The Morgan fingerprint density at radius 3 is 1.43 bits per heavy atom. The molecule has 2 aliphatic carbocycles. The van der Waals surface area contributed by atoms with E-state index in [1.807, 2.05) is 0 Å². The van der Waals surface area contributed by atoms with E-state index in [4.69, 9.17) is 0 Å². The quantitative estimate of drug-likeness (QED) is 0.170. The Labute approximate surface area is 338 Å². The van der Waals surface area contributed by atoms with Gasteiger partial charge in [0.1, 0.15) is 0 Å². The van der Waals surface area contributed by atoms with Crippen LogP contribution in [0, 0.1) is 0 Å². The summed E-state index contributed by atoms with van der Waals surface area (Å²) >= 11 is 0. The minimum Gasteiger partial charge on any atom is -0.310 e. The summed E-state index contributed by atoms with van der Waals surface area (Å²) < 4.78 is 0. The summed E-state index contributed by atoms with van der Waals surface area (Å²) in [5, 5.41) is 4.99. The normalized spacial score (nSPS) is 13.0. The van der Waals surface area contributed by atoms with Crippen LogP contribution in [-0.4, -0.2) is 0 Å². The third kappa shape index (κ3) is 4.77. The highest BCUT2D eigenvalue weighted by atomic mass is 15.1. The van der Waals surface area contributed by atoms with Crippen LogP contribution in [0.2, 0.25) is 0 Å². The molecule has 0 saturated heterocycles. The molecule has 1 heteroatoms. The van der Waals surface area contributed by atoms with Crippen molar-refractivity contribution in [1.82, 2.24) is 0 Å². The van der Waals surface area contributed by atoms with Crippen LogP contribution < -0.4 is 4.90 Å². The Balaban J connectivity index is 1.13. The molecule has 0 aromatic heterocycles. The van der Waals surface area contributed by atoms with Crippen LogP contribution in [0.25, 0.3) is 66.1 Å². The Kier molecular flexibility index (Phi) is 7.21. The van der Waals surface area contributed by atoms with Crippen LogP contribution in [0.3, 0.4) is 0 Å². The predicted molar refractivity (Wildman–Crippen MR) is 243 cm³/mol. The standard InChI is InChI=1S/C57H37N/c1-4-16-38(17-5-1)43-29-31-47(39-18-6-2-7-19-39)56(37-43)58(45-22-8-3-9-23-45)46-30-28-42-34-51-50-33-40-20-10-11-21-41(40)35-54(50)57(55(51)36-44(42)32-46)52-26-14-12-24-48(52)49-25-13-15-27-53(49)57/h1-37H. The highest BCUT2D eigenvalue weighted by Gasteiger charge is 2.51. The fourth-order valence-corrected chi connectivity index (χ4v) is 10.1. The topological polar surface area (TPSA) is 3.24 Å². The van der Waals surface area contributed by atoms with E-state index >= 15 is 0 Å². The number of fused-ring (bicyclic) bond motifs is 12. The van der Waals surface area contributed by atoms with Gasteiger partial charge < -0.3 is 4.90 Å². The zero-order valence-corrected chi connectivity index (χ0v) is 31.8. The van der Waals surface area contributed by atoms with Gasteiger partial charge in [-0.3, -0.25) is 0 Å². The van der Waals surface area contributed by atoms with Gasteiger partial charge in [0.05, 0.1) is 11.1 Å². The van der Waals surface area contributed by atoms with Gasteiger partial charge in [-0.15, -0.1) is 0 Å². The molecule has 0 radical (unpaired) electrons. The molecule has 0 aliphatic heterocycles. The van der Waals surface area contributed by atoms with Gasteiger partial charge in [-0.25, -0.2) is 0 Å². The lowest BCUT2D eigenvalue weighted by atomic mass is 9.70. The minimum atomic E-state index is -0.435. The molecule has 0 fully saturated rings. The molecular weight excluding hydrogens is 699 g/mol. The van der Waals surface area contributed by atoms with Gasteiger partial charge >= 0.3 is 0 Å². The summed E-state index contributed by atoms with van der Waals surface area (Å²) in [5.41, 5.74) is 18.4. The van der Waals surface area contributed by atoms with Crippen LogP contribution in [0.4, 0.5) is 17.1 Å². The van der Waals surface area contributed by atoms with Crippen LogP contribution in [0.1, 0.15) is 22.3 Å². The molecule has 0 amide bonds. The van der Waals surface area contributed by atoms with E-state index < -0.39 is 5.41 Å². The highest BCUT2D eigenvalue weighted by molar-refractivity contribution is 6.04. The van der Waals surface area contributed by atoms with Gasteiger partial charge in [0.2, 0.25) is 0 Å². The van der Waals surface area contributed by atoms with E-state index in [1.54, 1.807) is 0 Å². The number of rotatable bonds is 5. The highest BCUT2D eigenvalue weighted by Crippen LogP contribution is 2.63. The molecule has 10 aromatic rings. The van der Waals surface area contributed by atoms with E-state index in [1.165, 1.54) is 88.3 Å². The monoisotopic (exact) mass is 735 g/mol. The molecule has 12 rings (SSSR count). The molecule has 0 atom stereocenters. The summed E-state index contributed by atoms with van der Waals surface area (Å²) in [7, 11) is 0. The lowest BCUT2D eigenvalue weighted by Gasteiger charge is -2.31. The molecule has 58 heavy (non-hydrogen) atoms. The first-order valence-corrected chi connectivity index (χ1v) is 20.2. The minimum absolute atomic E-state index is 0.435. The third-order valence-corrected chi connectivity index (χ3v) is 12.6. The molecule has 10 aromatic carbocycles. The Bertz CT molecular complexity index is 3170. The van der Waals surface area contributed by atoms with E-state index in [2.05, 4.69) is 229 Å². The van der Waals surface area contributed by atoms with E-state index in [-0.39, 0.29) is 0 Å². The molecule has 0 N–H and O–H groups in total. The third-order valence-electron chi connectivity index (χ3n) is 12.6. The average Bonchev–Trinajstić information content (AvgIpc) is 3.74. The van der Waals surface area contributed by atoms with Crippen LogP contribution in [0.15, 0.2) is 224 Å². The fraction of sp³-hybridized carbons (Fsp3) is 0.0175. The number of hydrogen-bond acceptors (Lipinski definition) is 1. The van der Waals surface area contributed by atoms with Crippen molar-refractivity contribution in [2.24, 2.45) is 0 Å². The molecular formula is C57H37N. The Hall–Kier alpha value is -7.48. The number of benzene rings is 10. The maximum Gasteiger partial charge on any atom is 0.0725 e. The molecule has 0 bridgehead atoms. The van der Waals surface area contributed by atoms with Gasteiger partial charge in [0.15, 0.2) is 0 Å². The summed E-state index contributed by atoms with van der Waals surface area (Å²) in [6.07, 6.45) is 0. The summed E-state index contributed by atoms with van der Waals surface area (Å²) in [4.78, 5) is 2.44. The molecule has 1 nitrogen and oxygen atoms in total. The second-order valence-electron chi connectivity index (χ2n) is 15.7. The van der Waals surface area contributed by atoms with Crippen LogP contribution >= 0.6 is 0 Å². The molecule has 0 unspecified atom stereocenters. The molecule has 0 heterocycles. The number of hydrogen-bond donors (Lipinski definition) is 0. The summed E-state index contributed by atoms with van der Waals surface area (Å²) in [5.74, 6) is 0. The molecule has 270 valence electrons. The van der Waals surface area contributed by atoms with Gasteiger partial charge in [-0.2, -0.15) is 0 Å². The first-order chi connectivity index (χ1) is 28.8. The second-order valence-corrected chi connectivity index (χ2v) is 15.7. The SMILES string of the molecule is c1ccc(-c2ccc(-c3ccccc3)c(N(c3ccccc3)c3ccc4cc5c(cc4c3)C3(c4ccccc4-c4ccccc43)c3cc4ccccc4cc3-5)c2)cc1. The van der Waals surface area contributed by atoms with Gasteiger partial charge in [0, 0.05) is 16.9 Å². The van der Waals surface area contributed by atoms with Gasteiger partial charge in [-0.1, -0.05) is 170 Å². The van der Waals surface area contributed by atoms with Crippen molar-refractivity contribution in [2.45, 2.75) is 5.41 Å². The van der Waals surface area contributed by atoms with Crippen molar-refractivity contribution in [2.75, 3.05) is 4.90 Å². The molecule has 1 spiro atoms. The number of para-hydroxylation sites is 1. The van der Waals surface area contributed by atoms with E-state index in [0.717, 1.165) is 17.1 Å². The lowest BCUT2D eigenvalue weighted by Crippen LogP contribution is -2.25. The zero-order chi connectivity index (χ0) is 38.2. The maximum atomic E-state index is 2.51. The number of anilines is 3. The van der Waals surface area contributed by atoms with Crippen molar-refractivity contribution in [1.29, 1.82) is 0 Å². The van der Waals surface area contributed by atoms with Crippen molar-refractivity contribution in [3.05, 3.63) is 247 Å². The van der Waals surface area contributed by atoms with Crippen molar-refractivity contribution < 1.29 is 0 Å².